The van der Waals surface area contributed by atoms with Gasteiger partial charge in [0.05, 0.1) is 6.26 Å². The second-order valence-electron chi connectivity index (χ2n) is 4.83. The van der Waals surface area contributed by atoms with Crippen molar-refractivity contribution in [1.29, 1.82) is 0 Å². The van der Waals surface area contributed by atoms with Crippen LogP contribution < -0.4 is 0 Å². The zero-order valence-corrected chi connectivity index (χ0v) is 12.3. The van der Waals surface area contributed by atoms with Crippen LogP contribution in [-0.4, -0.2) is 12.6 Å². The predicted octanol–water partition coefficient (Wildman–Crippen LogP) is 4.45. The number of hydrogen-bond donors (Lipinski definition) is 0. The van der Waals surface area contributed by atoms with E-state index in [0.29, 0.717) is 6.61 Å². The minimum atomic E-state index is -0.276. The van der Waals surface area contributed by atoms with Crippen molar-refractivity contribution in [3.8, 4) is 0 Å². The maximum atomic E-state index is 10.9. The lowest BCUT2D eigenvalue weighted by Crippen LogP contribution is -2.03. The molecule has 0 atom stereocenters. The van der Waals surface area contributed by atoms with Gasteiger partial charge in [0, 0.05) is 6.92 Å². The van der Waals surface area contributed by atoms with Gasteiger partial charge >= 0.3 is 5.97 Å². The molecule has 0 saturated carbocycles. The van der Waals surface area contributed by atoms with Crippen LogP contribution in [0, 0.1) is 6.92 Å². The Morgan fingerprint density at radius 2 is 2.20 bits per heavy atom. The number of furan rings is 1. The Morgan fingerprint density at radius 1 is 1.45 bits per heavy atom. The van der Waals surface area contributed by atoms with Crippen LogP contribution in [0.25, 0.3) is 6.08 Å². The highest BCUT2D eigenvalue weighted by Gasteiger charge is 2.04. The van der Waals surface area contributed by atoms with Gasteiger partial charge in [-0.1, -0.05) is 24.8 Å². The number of hydrogen-bond acceptors (Lipinski definition) is 3. The summed E-state index contributed by atoms with van der Waals surface area (Å²) in [5.74, 6) is 0.509. The fourth-order valence-electron chi connectivity index (χ4n) is 1.76. The van der Waals surface area contributed by atoms with E-state index in [1.807, 2.05) is 19.1 Å². The first-order valence-electron chi connectivity index (χ1n) is 6.69. The molecule has 1 heterocycles. The highest BCUT2D eigenvalue weighted by molar-refractivity contribution is 5.66. The van der Waals surface area contributed by atoms with Crippen molar-refractivity contribution in [2.75, 3.05) is 6.61 Å². The Hall–Kier alpha value is -2.03. The first-order chi connectivity index (χ1) is 9.51. The SMILES string of the molecule is C=CC(=C)CCCC(=Cc1cc(C)co1)COC(C)=O. The van der Waals surface area contributed by atoms with Gasteiger partial charge in [0.25, 0.3) is 0 Å². The van der Waals surface area contributed by atoms with Crippen molar-refractivity contribution in [3.05, 3.63) is 54.0 Å². The lowest BCUT2D eigenvalue weighted by molar-refractivity contribution is -0.140. The number of rotatable bonds is 8. The van der Waals surface area contributed by atoms with Gasteiger partial charge in [-0.2, -0.15) is 0 Å². The van der Waals surface area contributed by atoms with E-state index in [1.165, 1.54) is 6.92 Å². The van der Waals surface area contributed by atoms with Crippen molar-refractivity contribution in [3.63, 3.8) is 0 Å². The van der Waals surface area contributed by atoms with Crippen LogP contribution in [0.15, 0.2) is 47.1 Å². The summed E-state index contributed by atoms with van der Waals surface area (Å²) in [6.45, 7) is 11.3. The maximum Gasteiger partial charge on any atom is 0.302 e. The average Bonchev–Trinajstić information content (AvgIpc) is 2.80. The lowest BCUT2D eigenvalue weighted by atomic mass is 10.0. The molecule has 0 aliphatic rings. The van der Waals surface area contributed by atoms with E-state index in [0.717, 1.165) is 41.7 Å². The highest BCUT2D eigenvalue weighted by atomic mass is 16.5. The van der Waals surface area contributed by atoms with Crippen LogP contribution in [0.5, 0.6) is 0 Å². The molecule has 0 radical (unpaired) electrons. The molecule has 0 bridgehead atoms. The third kappa shape index (κ3) is 6.23. The van der Waals surface area contributed by atoms with Crippen LogP contribution in [0.1, 0.15) is 37.5 Å². The summed E-state index contributed by atoms with van der Waals surface area (Å²) >= 11 is 0. The molecule has 0 aromatic carbocycles. The fraction of sp³-hybridized carbons (Fsp3) is 0.353. The van der Waals surface area contributed by atoms with Gasteiger partial charge in [-0.3, -0.25) is 4.79 Å². The van der Waals surface area contributed by atoms with Crippen molar-refractivity contribution < 1.29 is 13.9 Å². The normalized spacial score (nSPS) is 11.2. The summed E-state index contributed by atoms with van der Waals surface area (Å²) in [5.41, 5.74) is 3.13. The summed E-state index contributed by atoms with van der Waals surface area (Å²) in [5, 5.41) is 0. The van der Waals surface area contributed by atoms with Crippen molar-refractivity contribution in [2.45, 2.75) is 33.1 Å². The summed E-state index contributed by atoms with van der Waals surface area (Å²) in [7, 11) is 0. The molecular formula is C17H22O3. The Morgan fingerprint density at radius 3 is 2.75 bits per heavy atom. The standard InChI is InChI=1S/C17H22O3/c1-5-13(2)7-6-8-16(12-19-15(4)18)10-17-9-14(3)11-20-17/h5,9-11H,1-2,6-8,12H2,3-4H3. The second kappa shape index (κ2) is 8.20. The molecule has 108 valence electrons. The molecular weight excluding hydrogens is 252 g/mol. The highest BCUT2D eigenvalue weighted by Crippen LogP contribution is 2.17. The summed E-state index contributed by atoms with van der Waals surface area (Å²) in [4.78, 5) is 10.9. The molecule has 0 spiro atoms. The van der Waals surface area contributed by atoms with E-state index in [9.17, 15) is 4.79 Å². The van der Waals surface area contributed by atoms with Gasteiger partial charge < -0.3 is 9.15 Å². The quantitative estimate of drug-likeness (QED) is 0.519. The Labute approximate surface area is 120 Å². The monoisotopic (exact) mass is 274 g/mol. The minimum Gasteiger partial charge on any atom is -0.465 e. The predicted molar refractivity (Wildman–Crippen MR) is 81.2 cm³/mol. The van der Waals surface area contributed by atoms with Crippen molar-refractivity contribution >= 4 is 12.0 Å². The zero-order chi connectivity index (χ0) is 15.0. The van der Waals surface area contributed by atoms with Crippen molar-refractivity contribution in [1.82, 2.24) is 0 Å². The number of ether oxygens (including phenoxy) is 1. The van der Waals surface area contributed by atoms with Gasteiger partial charge in [-0.05, 0) is 49.5 Å². The zero-order valence-electron chi connectivity index (χ0n) is 12.3. The van der Waals surface area contributed by atoms with Gasteiger partial charge in [0.1, 0.15) is 12.4 Å². The molecule has 3 nitrogen and oxygen atoms in total. The van der Waals surface area contributed by atoms with E-state index in [2.05, 4.69) is 13.2 Å². The first-order valence-corrected chi connectivity index (χ1v) is 6.69. The Balaban J connectivity index is 2.64. The number of aryl methyl sites for hydroxylation is 1. The summed E-state index contributed by atoms with van der Waals surface area (Å²) in [6.07, 6.45) is 8.07. The van der Waals surface area contributed by atoms with Crippen LogP contribution in [-0.2, 0) is 9.53 Å². The van der Waals surface area contributed by atoms with Gasteiger partial charge in [-0.25, -0.2) is 0 Å². The first kappa shape index (κ1) is 16.0. The van der Waals surface area contributed by atoms with Crippen LogP contribution >= 0.6 is 0 Å². The largest absolute Gasteiger partial charge is 0.465 e. The van der Waals surface area contributed by atoms with Crippen LogP contribution in [0.4, 0.5) is 0 Å². The molecule has 0 N–H and O–H groups in total. The molecule has 0 saturated heterocycles. The smallest absolute Gasteiger partial charge is 0.302 e. The van der Waals surface area contributed by atoms with E-state index < -0.39 is 0 Å². The number of carbonyl (C=O) groups is 1. The Bertz CT molecular complexity index is 506. The molecule has 0 amide bonds. The average molecular weight is 274 g/mol. The van der Waals surface area contributed by atoms with Crippen molar-refractivity contribution in [2.24, 2.45) is 0 Å². The van der Waals surface area contributed by atoms with E-state index in [-0.39, 0.29) is 5.97 Å². The molecule has 0 aliphatic heterocycles. The molecule has 0 aliphatic carbocycles. The minimum absolute atomic E-state index is 0.276. The molecule has 1 aromatic heterocycles. The molecule has 0 fully saturated rings. The lowest BCUT2D eigenvalue weighted by Gasteiger charge is -2.07. The fourth-order valence-corrected chi connectivity index (χ4v) is 1.76. The van der Waals surface area contributed by atoms with Crippen LogP contribution in [0.3, 0.4) is 0 Å². The van der Waals surface area contributed by atoms with Gasteiger partial charge in [0.2, 0.25) is 0 Å². The third-order valence-corrected chi connectivity index (χ3v) is 2.84. The van der Waals surface area contributed by atoms with Gasteiger partial charge in [0.15, 0.2) is 0 Å². The maximum absolute atomic E-state index is 10.9. The molecule has 20 heavy (non-hydrogen) atoms. The summed E-state index contributed by atoms with van der Waals surface area (Å²) < 4.78 is 10.5. The second-order valence-corrected chi connectivity index (χ2v) is 4.83. The van der Waals surface area contributed by atoms with E-state index in [1.54, 1.807) is 12.3 Å². The molecule has 1 rings (SSSR count). The number of esters is 1. The number of carbonyl (C=O) groups excluding carboxylic acids is 1. The summed E-state index contributed by atoms with van der Waals surface area (Å²) in [6, 6.07) is 1.95. The molecule has 0 unspecified atom stereocenters. The topological polar surface area (TPSA) is 39.4 Å². The van der Waals surface area contributed by atoms with E-state index >= 15 is 0 Å². The molecule has 3 heteroatoms. The van der Waals surface area contributed by atoms with Crippen LogP contribution in [0.2, 0.25) is 0 Å². The Kier molecular flexibility index (Phi) is 6.57. The third-order valence-electron chi connectivity index (χ3n) is 2.84. The number of allylic oxidation sites excluding steroid dienone is 2. The van der Waals surface area contributed by atoms with E-state index in [4.69, 9.17) is 9.15 Å². The van der Waals surface area contributed by atoms with Gasteiger partial charge in [-0.15, -0.1) is 0 Å². The molecule has 1 aromatic rings.